The molecule has 2 N–H and O–H groups in total. The molecule has 2 aliphatic heterocycles. The van der Waals surface area contributed by atoms with E-state index in [1.807, 2.05) is 12.1 Å². The first-order valence-corrected chi connectivity index (χ1v) is 7.94. The van der Waals surface area contributed by atoms with Gasteiger partial charge < -0.3 is 15.3 Å². The molecular weight excluding hydrogens is 267 g/mol. The van der Waals surface area contributed by atoms with Crippen molar-refractivity contribution in [3.8, 4) is 0 Å². The third kappa shape index (κ3) is 4.77. The minimum atomic E-state index is -0.130. The normalized spacial score (nSPS) is 23.7. The minimum absolute atomic E-state index is 0.130. The summed E-state index contributed by atoms with van der Waals surface area (Å²) < 4.78 is 12.9. The number of halogens is 1. The van der Waals surface area contributed by atoms with E-state index >= 15 is 0 Å². The molecule has 0 unspecified atom stereocenters. The number of nitrogens with zero attached hydrogens (tertiary/aromatic N) is 1. The van der Waals surface area contributed by atoms with Crippen LogP contribution in [-0.2, 0) is 0 Å². The van der Waals surface area contributed by atoms with Crippen LogP contribution in [0.3, 0.4) is 0 Å². The molecule has 0 spiro atoms. The van der Waals surface area contributed by atoms with E-state index in [1.165, 1.54) is 57.5 Å². The molecule has 118 valence electrons. The summed E-state index contributed by atoms with van der Waals surface area (Å²) in [5.41, 5.74) is 1.31. The zero-order valence-corrected chi connectivity index (χ0v) is 12.9. The van der Waals surface area contributed by atoms with Gasteiger partial charge in [0.05, 0.1) is 0 Å². The first-order chi connectivity index (χ1) is 10.3. The molecular formula is C17H27FN2O. The number of aliphatic hydroxyl groups excluding tert-OH is 1. The maximum atomic E-state index is 12.9. The Morgan fingerprint density at radius 2 is 1.81 bits per heavy atom. The van der Waals surface area contributed by atoms with Crippen LogP contribution in [0.25, 0.3) is 0 Å². The summed E-state index contributed by atoms with van der Waals surface area (Å²) in [4.78, 5) is 2.61. The van der Waals surface area contributed by atoms with Crippen LogP contribution < -0.4 is 5.32 Å². The molecule has 0 aromatic heterocycles. The predicted molar refractivity (Wildman–Crippen MR) is 83.9 cm³/mol. The molecule has 2 heterocycles. The van der Waals surface area contributed by atoms with Gasteiger partial charge in [-0.2, -0.15) is 0 Å². The van der Waals surface area contributed by atoms with Gasteiger partial charge in [0.15, 0.2) is 0 Å². The van der Waals surface area contributed by atoms with E-state index in [0.717, 1.165) is 13.0 Å². The Morgan fingerprint density at radius 3 is 2.38 bits per heavy atom. The highest BCUT2D eigenvalue weighted by atomic mass is 19.1. The quantitative estimate of drug-likeness (QED) is 0.897. The van der Waals surface area contributed by atoms with E-state index in [4.69, 9.17) is 5.11 Å². The Kier molecular flexibility index (Phi) is 6.61. The molecule has 2 saturated heterocycles. The lowest BCUT2D eigenvalue weighted by Crippen LogP contribution is -2.37. The first kappa shape index (κ1) is 16.4. The van der Waals surface area contributed by atoms with Crippen LogP contribution in [0.4, 0.5) is 4.39 Å². The molecule has 0 aliphatic carbocycles. The number of nitrogens with one attached hydrogen (secondary N) is 1. The van der Waals surface area contributed by atoms with Gasteiger partial charge >= 0.3 is 0 Å². The van der Waals surface area contributed by atoms with Gasteiger partial charge in [-0.05, 0) is 75.0 Å². The standard InChI is InChI=1S/C16H23FN2.CH4O/c17-16-3-1-14(2-4-16)15-6-9-19(10-7-15)12-13-5-8-18-11-13;1-2/h1-4,13,15,18H,5-12H2;2H,1H3/t13-;/m0./s1. The summed E-state index contributed by atoms with van der Waals surface area (Å²) in [6.45, 7) is 6.02. The molecule has 21 heavy (non-hydrogen) atoms. The average Bonchev–Trinajstić information content (AvgIpc) is 3.04. The molecule has 4 heteroatoms. The SMILES string of the molecule is CO.Fc1ccc(C2CCN(C[C@H]3CCNC3)CC2)cc1. The second-order valence-corrected chi connectivity index (χ2v) is 5.99. The first-order valence-electron chi connectivity index (χ1n) is 7.94. The Hall–Kier alpha value is -0.970. The number of hydrogen-bond acceptors (Lipinski definition) is 3. The van der Waals surface area contributed by atoms with Crippen molar-refractivity contribution in [3.63, 3.8) is 0 Å². The zero-order valence-electron chi connectivity index (χ0n) is 12.9. The smallest absolute Gasteiger partial charge is 0.123 e. The van der Waals surface area contributed by atoms with E-state index < -0.39 is 0 Å². The molecule has 2 fully saturated rings. The Labute approximate surface area is 127 Å². The summed E-state index contributed by atoms with van der Waals surface area (Å²) in [6.07, 6.45) is 3.76. The Morgan fingerprint density at radius 1 is 1.14 bits per heavy atom. The lowest BCUT2D eigenvalue weighted by molar-refractivity contribution is 0.187. The van der Waals surface area contributed by atoms with Crippen molar-refractivity contribution in [3.05, 3.63) is 35.6 Å². The van der Waals surface area contributed by atoms with E-state index in [2.05, 4.69) is 10.2 Å². The highest BCUT2D eigenvalue weighted by molar-refractivity contribution is 5.21. The van der Waals surface area contributed by atoms with Crippen LogP contribution >= 0.6 is 0 Å². The van der Waals surface area contributed by atoms with Crippen molar-refractivity contribution in [2.24, 2.45) is 5.92 Å². The molecule has 0 bridgehead atoms. The Balaban J connectivity index is 0.000000774. The second kappa shape index (κ2) is 8.47. The fraction of sp³-hybridized carbons (Fsp3) is 0.647. The topological polar surface area (TPSA) is 35.5 Å². The van der Waals surface area contributed by atoms with Gasteiger partial charge in [0.1, 0.15) is 5.82 Å². The number of likely N-dealkylation sites (tertiary alicyclic amines) is 1. The zero-order chi connectivity index (χ0) is 15.1. The molecule has 3 rings (SSSR count). The second-order valence-electron chi connectivity index (χ2n) is 5.99. The summed E-state index contributed by atoms with van der Waals surface area (Å²) in [5, 5.41) is 10.4. The maximum Gasteiger partial charge on any atom is 0.123 e. The van der Waals surface area contributed by atoms with Crippen LogP contribution in [0.1, 0.15) is 30.7 Å². The van der Waals surface area contributed by atoms with E-state index in [1.54, 1.807) is 12.1 Å². The minimum Gasteiger partial charge on any atom is -0.400 e. The van der Waals surface area contributed by atoms with Gasteiger partial charge in [-0.25, -0.2) is 4.39 Å². The molecule has 0 saturated carbocycles. The van der Waals surface area contributed by atoms with E-state index in [9.17, 15) is 4.39 Å². The van der Waals surface area contributed by atoms with Gasteiger partial charge in [-0.3, -0.25) is 0 Å². The fourth-order valence-electron chi connectivity index (χ4n) is 3.42. The van der Waals surface area contributed by atoms with Gasteiger partial charge in [-0.15, -0.1) is 0 Å². The molecule has 1 aromatic carbocycles. The largest absolute Gasteiger partial charge is 0.400 e. The summed E-state index contributed by atoms with van der Waals surface area (Å²) >= 11 is 0. The number of aliphatic hydroxyl groups is 1. The van der Waals surface area contributed by atoms with Crippen molar-refractivity contribution in [1.82, 2.24) is 10.2 Å². The average molecular weight is 294 g/mol. The highest BCUT2D eigenvalue weighted by Gasteiger charge is 2.23. The molecule has 2 aliphatic rings. The van der Waals surface area contributed by atoms with Gasteiger partial charge in [0.2, 0.25) is 0 Å². The van der Waals surface area contributed by atoms with Crippen LogP contribution in [-0.4, -0.2) is 49.8 Å². The van der Waals surface area contributed by atoms with Gasteiger partial charge in [-0.1, -0.05) is 12.1 Å². The van der Waals surface area contributed by atoms with Crippen molar-refractivity contribution in [2.75, 3.05) is 39.8 Å². The van der Waals surface area contributed by atoms with E-state index in [-0.39, 0.29) is 5.82 Å². The summed E-state index contributed by atoms with van der Waals surface area (Å²) in [7, 11) is 1.00. The van der Waals surface area contributed by atoms with Gasteiger partial charge in [0.25, 0.3) is 0 Å². The number of benzene rings is 1. The molecule has 0 amide bonds. The van der Waals surface area contributed by atoms with Crippen molar-refractivity contribution in [1.29, 1.82) is 0 Å². The molecule has 1 atom stereocenters. The van der Waals surface area contributed by atoms with Gasteiger partial charge in [0, 0.05) is 13.7 Å². The van der Waals surface area contributed by atoms with Crippen LogP contribution in [0.2, 0.25) is 0 Å². The van der Waals surface area contributed by atoms with Crippen LogP contribution in [0.15, 0.2) is 24.3 Å². The monoisotopic (exact) mass is 294 g/mol. The van der Waals surface area contributed by atoms with Crippen LogP contribution in [0.5, 0.6) is 0 Å². The number of hydrogen-bond donors (Lipinski definition) is 2. The Bertz CT molecular complexity index is 396. The van der Waals surface area contributed by atoms with Crippen molar-refractivity contribution >= 4 is 0 Å². The van der Waals surface area contributed by atoms with Crippen LogP contribution in [0, 0.1) is 11.7 Å². The molecule has 3 nitrogen and oxygen atoms in total. The number of piperidine rings is 1. The summed E-state index contributed by atoms with van der Waals surface area (Å²) in [6, 6.07) is 7.09. The summed E-state index contributed by atoms with van der Waals surface area (Å²) in [5.74, 6) is 1.34. The lowest BCUT2D eigenvalue weighted by Gasteiger charge is -2.33. The van der Waals surface area contributed by atoms with E-state index in [0.29, 0.717) is 5.92 Å². The highest BCUT2D eigenvalue weighted by Crippen LogP contribution is 2.28. The molecule has 0 radical (unpaired) electrons. The maximum absolute atomic E-state index is 12.9. The third-order valence-electron chi connectivity index (χ3n) is 4.61. The van der Waals surface area contributed by atoms with Crippen molar-refractivity contribution < 1.29 is 9.50 Å². The lowest BCUT2D eigenvalue weighted by atomic mass is 9.89. The fourth-order valence-corrected chi connectivity index (χ4v) is 3.42. The number of rotatable bonds is 3. The predicted octanol–water partition coefficient (Wildman–Crippen LogP) is 2.22. The third-order valence-corrected chi connectivity index (χ3v) is 4.61. The molecule has 1 aromatic rings. The van der Waals surface area contributed by atoms with Crippen molar-refractivity contribution in [2.45, 2.75) is 25.2 Å².